The lowest BCUT2D eigenvalue weighted by atomic mass is 10.1. The van der Waals surface area contributed by atoms with Crippen LogP contribution >= 0.6 is 0 Å². The van der Waals surface area contributed by atoms with Crippen LogP contribution < -0.4 is 10.1 Å². The molecule has 1 fully saturated rings. The third-order valence-corrected chi connectivity index (χ3v) is 6.91. The fourth-order valence-corrected chi connectivity index (χ4v) is 4.87. The first kappa shape index (κ1) is 20.4. The first-order valence-corrected chi connectivity index (χ1v) is 10.9. The van der Waals surface area contributed by atoms with Gasteiger partial charge in [0.2, 0.25) is 10.0 Å². The van der Waals surface area contributed by atoms with Gasteiger partial charge >= 0.3 is 0 Å². The van der Waals surface area contributed by atoms with Gasteiger partial charge in [-0.05, 0) is 55.7 Å². The van der Waals surface area contributed by atoms with Crippen LogP contribution in [0.15, 0.2) is 53.4 Å². The SMILES string of the molecule is COc1ccc(C(C)NC(=O)c2cccc(S(=O)(=O)N3CCCCC3)c2)cc1. The zero-order chi connectivity index (χ0) is 20.1. The van der Waals surface area contributed by atoms with E-state index in [0.717, 1.165) is 30.6 Å². The van der Waals surface area contributed by atoms with Crippen LogP contribution in [0.3, 0.4) is 0 Å². The maximum absolute atomic E-state index is 12.8. The molecule has 28 heavy (non-hydrogen) atoms. The van der Waals surface area contributed by atoms with Crippen LogP contribution in [-0.2, 0) is 10.0 Å². The fourth-order valence-electron chi connectivity index (χ4n) is 3.31. The number of benzene rings is 2. The molecule has 3 rings (SSSR count). The minimum absolute atomic E-state index is 0.166. The van der Waals surface area contributed by atoms with Crippen molar-refractivity contribution in [3.05, 3.63) is 59.7 Å². The van der Waals surface area contributed by atoms with Crippen molar-refractivity contribution in [1.82, 2.24) is 9.62 Å². The van der Waals surface area contributed by atoms with E-state index in [4.69, 9.17) is 4.74 Å². The Morgan fingerprint density at radius 2 is 1.75 bits per heavy atom. The molecule has 2 aromatic carbocycles. The number of amides is 1. The van der Waals surface area contributed by atoms with Crippen molar-refractivity contribution in [2.45, 2.75) is 37.1 Å². The monoisotopic (exact) mass is 402 g/mol. The number of methoxy groups -OCH3 is 1. The van der Waals surface area contributed by atoms with Gasteiger partial charge in [-0.1, -0.05) is 24.6 Å². The third kappa shape index (κ3) is 4.54. The van der Waals surface area contributed by atoms with Gasteiger partial charge in [0.05, 0.1) is 18.0 Å². The molecule has 0 radical (unpaired) electrons. The molecular formula is C21H26N2O4S. The minimum atomic E-state index is -3.57. The highest BCUT2D eigenvalue weighted by Gasteiger charge is 2.26. The van der Waals surface area contributed by atoms with Crippen LogP contribution in [0.25, 0.3) is 0 Å². The Balaban J connectivity index is 1.74. The Hall–Kier alpha value is -2.38. The number of rotatable bonds is 6. The van der Waals surface area contributed by atoms with Gasteiger partial charge in [0, 0.05) is 18.7 Å². The van der Waals surface area contributed by atoms with E-state index in [2.05, 4.69) is 5.32 Å². The Morgan fingerprint density at radius 1 is 1.07 bits per heavy atom. The van der Waals surface area contributed by atoms with Gasteiger partial charge in [-0.2, -0.15) is 4.31 Å². The summed E-state index contributed by atoms with van der Waals surface area (Å²) in [4.78, 5) is 12.8. The van der Waals surface area contributed by atoms with Crippen LogP contribution in [0.4, 0.5) is 0 Å². The fraction of sp³-hybridized carbons (Fsp3) is 0.381. The van der Waals surface area contributed by atoms with E-state index in [-0.39, 0.29) is 16.8 Å². The summed E-state index contributed by atoms with van der Waals surface area (Å²) in [5, 5.41) is 2.92. The van der Waals surface area contributed by atoms with Crippen molar-refractivity contribution in [2.24, 2.45) is 0 Å². The van der Waals surface area contributed by atoms with Crippen molar-refractivity contribution in [1.29, 1.82) is 0 Å². The molecule has 0 aromatic heterocycles. The van der Waals surface area contributed by atoms with E-state index in [1.165, 1.54) is 10.4 Å². The Labute approximate surface area is 166 Å². The molecule has 1 aliphatic rings. The van der Waals surface area contributed by atoms with Gasteiger partial charge in [-0.25, -0.2) is 8.42 Å². The molecule has 0 aliphatic carbocycles. The second kappa shape index (κ2) is 8.75. The number of carbonyl (C=O) groups is 1. The second-order valence-electron chi connectivity index (χ2n) is 6.96. The van der Waals surface area contributed by atoms with E-state index >= 15 is 0 Å². The lowest BCUT2D eigenvalue weighted by molar-refractivity contribution is 0.0939. The number of nitrogens with zero attached hydrogens (tertiary/aromatic N) is 1. The topological polar surface area (TPSA) is 75.7 Å². The van der Waals surface area contributed by atoms with E-state index in [1.54, 1.807) is 25.3 Å². The summed E-state index contributed by atoms with van der Waals surface area (Å²) >= 11 is 0. The van der Waals surface area contributed by atoms with Crippen LogP contribution in [-0.4, -0.2) is 38.8 Å². The first-order chi connectivity index (χ1) is 13.4. The summed E-state index contributed by atoms with van der Waals surface area (Å²) in [6.07, 6.45) is 2.80. The van der Waals surface area contributed by atoms with Crippen molar-refractivity contribution in [3.63, 3.8) is 0 Å². The molecule has 7 heteroatoms. The predicted octanol–water partition coefficient (Wildman–Crippen LogP) is 3.36. The summed E-state index contributed by atoms with van der Waals surface area (Å²) in [5.74, 6) is 0.442. The van der Waals surface area contributed by atoms with Crippen LogP contribution in [0.1, 0.15) is 48.1 Å². The van der Waals surface area contributed by atoms with Crippen LogP contribution in [0, 0.1) is 0 Å². The summed E-state index contributed by atoms with van der Waals surface area (Å²) in [5.41, 5.74) is 1.27. The number of carbonyl (C=O) groups excluding carboxylic acids is 1. The molecule has 150 valence electrons. The lowest BCUT2D eigenvalue weighted by Gasteiger charge is -2.26. The largest absolute Gasteiger partial charge is 0.497 e. The second-order valence-corrected chi connectivity index (χ2v) is 8.90. The quantitative estimate of drug-likeness (QED) is 0.804. The molecule has 1 aliphatic heterocycles. The highest BCUT2D eigenvalue weighted by atomic mass is 32.2. The average Bonchev–Trinajstić information content (AvgIpc) is 2.74. The Kier molecular flexibility index (Phi) is 6.36. The molecular weight excluding hydrogens is 376 g/mol. The van der Waals surface area contributed by atoms with Gasteiger partial charge in [-0.15, -0.1) is 0 Å². The summed E-state index contributed by atoms with van der Waals surface area (Å²) in [7, 11) is -1.96. The molecule has 6 nitrogen and oxygen atoms in total. The molecule has 1 saturated heterocycles. The molecule has 0 bridgehead atoms. The minimum Gasteiger partial charge on any atom is -0.497 e. The molecule has 1 N–H and O–H groups in total. The number of hydrogen-bond donors (Lipinski definition) is 1. The maximum atomic E-state index is 12.8. The number of hydrogen-bond acceptors (Lipinski definition) is 4. The van der Waals surface area contributed by atoms with Crippen LogP contribution in [0.5, 0.6) is 5.75 Å². The zero-order valence-corrected chi connectivity index (χ0v) is 17.0. The van der Waals surface area contributed by atoms with Crippen molar-refractivity contribution in [2.75, 3.05) is 20.2 Å². The van der Waals surface area contributed by atoms with Gasteiger partial charge in [0.15, 0.2) is 0 Å². The Morgan fingerprint density at radius 3 is 2.39 bits per heavy atom. The Bertz CT molecular complexity index is 920. The zero-order valence-electron chi connectivity index (χ0n) is 16.2. The summed E-state index contributed by atoms with van der Waals surface area (Å²) in [6.45, 7) is 2.95. The van der Waals surface area contributed by atoms with Gasteiger partial charge in [0.1, 0.15) is 5.75 Å². The molecule has 1 amide bonds. The maximum Gasteiger partial charge on any atom is 0.251 e. The number of piperidine rings is 1. The van der Waals surface area contributed by atoms with E-state index in [9.17, 15) is 13.2 Å². The van der Waals surface area contributed by atoms with E-state index in [1.807, 2.05) is 31.2 Å². The van der Waals surface area contributed by atoms with Crippen molar-refractivity contribution in [3.8, 4) is 5.75 Å². The number of sulfonamides is 1. The van der Waals surface area contributed by atoms with E-state index < -0.39 is 10.0 Å². The highest BCUT2D eigenvalue weighted by Crippen LogP contribution is 2.22. The lowest BCUT2D eigenvalue weighted by Crippen LogP contribution is -2.35. The third-order valence-electron chi connectivity index (χ3n) is 5.01. The van der Waals surface area contributed by atoms with Gasteiger partial charge in [-0.3, -0.25) is 4.79 Å². The summed E-state index contributed by atoms with van der Waals surface area (Å²) in [6, 6.07) is 13.5. The molecule has 1 atom stereocenters. The highest BCUT2D eigenvalue weighted by molar-refractivity contribution is 7.89. The molecule has 2 aromatic rings. The molecule has 1 heterocycles. The molecule has 0 saturated carbocycles. The smallest absolute Gasteiger partial charge is 0.251 e. The van der Waals surface area contributed by atoms with Gasteiger partial charge in [0.25, 0.3) is 5.91 Å². The van der Waals surface area contributed by atoms with Crippen molar-refractivity contribution >= 4 is 15.9 Å². The molecule has 0 spiro atoms. The number of nitrogens with one attached hydrogen (secondary N) is 1. The van der Waals surface area contributed by atoms with E-state index in [0.29, 0.717) is 18.7 Å². The normalized spacial score (nSPS) is 16.4. The standard InChI is InChI=1S/C21H26N2O4S/c1-16(17-9-11-19(27-2)12-10-17)22-21(24)18-7-6-8-20(15-18)28(25,26)23-13-4-3-5-14-23/h6-12,15-16H,3-5,13-14H2,1-2H3,(H,22,24). The van der Waals surface area contributed by atoms with Crippen molar-refractivity contribution < 1.29 is 17.9 Å². The average molecular weight is 403 g/mol. The summed E-state index contributed by atoms with van der Waals surface area (Å²) < 4.78 is 32.4. The van der Waals surface area contributed by atoms with Gasteiger partial charge < -0.3 is 10.1 Å². The number of ether oxygens (including phenoxy) is 1. The molecule has 1 unspecified atom stereocenters. The predicted molar refractivity (Wildman–Crippen MR) is 108 cm³/mol. The first-order valence-electron chi connectivity index (χ1n) is 9.47. The van der Waals surface area contributed by atoms with Crippen LogP contribution in [0.2, 0.25) is 0 Å².